The standard InChI is InChI=1S/C18H21ClN4O2/c1-18(17(20)25,15-6-5-14(19)10-21-15)23-8-2-3-13(11-23)12-4-7-16(24)22-9-12/h4-7,9-10,13H,2-3,8,11H2,1H3,(H2,20,25)(H,22,24). The SMILES string of the molecule is CC(C(N)=O)(c1ccc(Cl)cn1)N1CCCC(c2ccc(=O)[nH]c2)C1. The predicted molar refractivity (Wildman–Crippen MR) is 96.4 cm³/mol. The van der Waals surface area contributed by atoms with Crippen molar-refractivity contribution in [1.29, 1.82) is 0 Å². The number of nitrogens with zero attached hydrogens (tertiary/aromatic N) is 2. The lowest BCUT2D eigenvalue weighted by atomic mass is 9.86. The van der Waals surface area contributed by atoms with Crippen LogP contribution in [0.4, 0.5) is 0 Å². The molecule has 0 radical (unpaired) electrons. The molecule has 1 amide bonds. The zero-order valence-electron chi connectivity index (χ0n) is 14.0. The maximum Gasteiger partial charge on any atom is 0.247 e. The lowest BCUT2D eigenvalue weighted by Gasteiger charge is -2.43. The van der Waals surface area contributed by atoms with Gasteiger partial charge in [-0.15, -0.1) is 0 Å². The summed E-state index contributed by atoms with van der Waals surface area (Å²) in [6, 6.07) is 6.84. The van der Waals surface area contributed by atoms with Gasteiger partial charge in [-0.25, -0.2) is 0 Å². The topological polar surface area (TPSA) is 92.1 Å². The molecule has 25 heavy (non-hydrogen) atoms. The minimum Gasteiger partial charge on any atom is -0.368 e. The number of rotatable bonds is 4. The van der Waals surface area contributed by atoms with Crippen molar-refractivity contribution in [2.24, 2.45) is 5.73 Å². The number of amides is 1. The number of primary amides is 1. The van der Waals surface area contributed by atoms with Crippen molar-refractivity contribution >= 4 is 17.5 Å². The largest absolute Gasteiger partial charge is 0.368 e. The second kappa shape index (κ2) is 6.98. The maximum atomic E-state index is 12.4. The first-order valence-electron chi connectivity index (χ1n) is 8.27. The molecule has 6 nitrogen and oxygen atoms in total. The van der Waals surface area contributed by atoms with Crippen molar-refractivity contribution in [2.75, 3.05) is 13.1 Å². The minimum absolute atomic E-state index is 0.122. The number of halogens is 1. The summed E-state index contributed by atoms with van der Waals surface area (Å²) >= 11 is 5.92. The van der Waals surface area contributed by atoms with E-state index in [1.54, 1.807) is 25.3 Å². The van der Waals surface area contributed by atoms with Crippen molar-refractivity contribution in [1.82, 2.24) is 14.9 Å². The molecule has 0 aromatic carbocycles. The highest BCUT2D eigenvalue weighted by Crippen LogP contribution is 2.35. The molecule has 1 aliphatic rings. The fraction of sp³-hybridized carbons (Fsp3) is 0.389. The van der Waals surface area contributed by atoms with Gasteiger partial charge in [0.05, 0.1) is 10.7 Å². The highest BCUT2D eigenvalue weighted by molar-refractivity contribution is 6.30. The van der Waals surface area contributed by atoms with E-state index in [-0.39, 0.29) is 11.5 Å². The number of pyridine rings is 2. The number of nitrogens with two attached hydrogens (primary N) is 1. The van der Waals surface area contributed by atoms with Crippen LogP contribution < -0.4 is 11.3 Å². The number of likely N-dealkylation sites (tertiary alicyclic amines) is 1. The van der Waals surface area contributed by atoms with Crippen molar-refractivity contribution in [3.63, 3.8) is 0 Å². The van der Waals surface area contributed by atoms with Gasteiger partial charge in [0.1, 0.15) is 5.54 Å². The van der Waals surface area contributed by atoms with E-state index in [1.807, 2.05) is 6.07 Å². The highest BCUT2D eigenvalue weighted by Gasteiger charge is 2.43. The van der Waals surface area contributed by atoms with Crippen LogP contribution in [0.3, 0.4) is 0 Å². The molecule has 2 aromatic heterocycles. The van der Waals surface area contributed by atoms with E-state index in [0.29, 0.717) is 17.3 Å². The van der Waals surface area contributed by atoms with Crippen LogP contribution >= 0.6 is 11.6 Å². The normalized spacial score (nSPS) is 20.8. The fourth-order valence-electron chi connectivity index (χ4n) is 3.44. The van der Waals surface area contributed by atoms with Crippen molar-refractivity contribution < 1.29 is 4.79 Å². The van der Waals surface area contributed by atoms with E-state index < -0.39 is 11.4 Å². The Morgan fingerprint density at radius 3 is 2.80 bits per heavy atom. The Hall–Kier alpha value is -2.18. The average Bonchev–Trinajstić information content (AvgIpc) is 2.62. The Balaban J connectivity index is 1.91. The molecule has 1 aliphatic heterocycles. The zero-order valence-corrected chi connectivity index (χ0v) is 14.8. The number of aromatic amines is 1. The molecule has 2 unspecified atom stereocenters. The molecule has 0 aliphatic carbocycles. The number of hydrogen-bond acceptors (Lipinski definition) is 4. The molecule has 2 atom stereocenters. The molecule has 1 fully saturated rings. The quantitative estimate of drug-likeness (QED) is 0.872. The third-order valence-corrected chi connectivity index (χ3v) is 5.26. The molecule has 3 N–H and O–H groups in total. The number of carbonyl (C=O) groups excluding carboxylic acids is 1. The first-order chi connectivity index (χ1) is 11.9. The fourth-order valence-corrected chi connectivity index (χ4v) is 3.55. The summed E-state index contributed by atoms with van der Waals surface area (Å²) in [6.07, 6.45) is 5.20. The Labute approximate surface area is 151 Å². The number of aromatic nitrogens is 2. The van der Waals surface area contributed by atoms with E-state index in [1.165, 1.54) is 12.3 Å². The summed E-state index contributed by atoms with van der Waals surface area (Å²) in [7, 11) is 0. The predicted octanol–water partition coefficient (Wildman–Crippen LogP) is 2.00. The summed E-state index contributed by atoms with van der Waals surface area (Å²) in [5.74, 6) is -0.221. The van der Waals surface area contributed by atoms with Gasteiger partial charge < -0.3 is 10.7 Å². The highest BCUT2D eigenvalue weighted by atomic mass is 35.5. The van der Waals surface area contributed by atoms with E-state index in [0.717, 1.165) is 24.9 Å². The number of hydrogen-bond donors (Lipinski definition) is 2. The molecule has 3 rings (SSSR count). The molecular formula is C18H21ClN4O2. The van der Waals surface area contributed by atoms with Gasteiger partial charge in [0, 0.05) is 25.0 Å². The van der Waals surface area contributed by atoms with Crippen molar-refractivity contribution in [3.8, 4) is 0 Å². The van der Waals surface area contributed by atoms with Gasteiger partial charge >= 0.3 is 0 Å². The number of carbonyl (C=O) groups is 1. The van der Waals surface area contributed by atoms with Gasteiger partial charge in [-0.1, -0.05) is 17.7 Å². The second-order valence-corrected chi connectivity index (χ2v) is 7.01. The molecule has 3 heterocycles. The molecule has 0 spiro atoms. The molecular weight excluding hydrogens is 340 g/mol. The van der Waals surface area contributed by atoms with Gasteiger partial charge in [-0.05, 0) is 49.9 Å². The first kappa shape index (κ1) is 17.6. The summed E-state index contributed by atoms with van der Waals surface area (Å²) in [5.41, 5.74) is 6.29. The van der Waals surface area contributed by atoms with Crippen LogP contribution in [0.25, 0.3) is 0 Å². The van der Waals surface area contributed by atoms with Crippen LogP contribution in [0.2, 0.25) is 5.02 Å². The Kier molecular flexibility index (Phi) is 4.92. The molecule has 0 saturated carbocycles. The number of nitrogens with one attached hydrogen (secondary N) is 1. The maximum absolute atomic E-state index is 12.4. The number of H-pyrrole nitrogens is 1. The van der Waals surface area contributed by atoms with Crippen LogP contribution in [-0.2, 0) is 10.3 Å². The van der Waals surface area contributed by atoms with E-state index >= 15 is 0 Å². The van der Waals surface area contributed by atoms with Gasteiger partial charge in [-0.2, -0.15) is 0 Å². The van der Waals surface area contributed by atoms with Gasteiger partial charge in [-0.3, -0.25) is 19.5 Å². The van der Waals surface area contributed by atoms with Gasteiger partial charge in [0.25, 0.3) is 0 Å². The summed E-state index contributed by atoms with van der Waals surface area (Å²) in [5, 5.41) is 0.514. The van der Waals surface area contributed by atoms with Crippen LogP contribution in [0.1, 0.15) is 36.9 Å². The second-order valence-electron chi connectivity index (χ2n) is 6.57. The van der Waals surface area contributed by atoms with E-state index in [2.05, 4.69) is 14.9 Å². The Bertz CT molecular complexity index is 800. The van der Waals surface area contributed by atoms with Crippen molar-refractivity contribution in [3.05, 3.63) is 63.3 Å². The van der Waals surface area contributed by atoms with Crippen LogP contribution in [0, 0.1) is 0 Å². The monoisotopic (exact) mass is 360 g/mol. The molecule has 1 saturated heterocycles. The van der Waals surface area contributed by atoms with Gasteiger partial charge in [0.2, 0.25) is 11.5 Å². The third-order valence-electron chi connectivity index (χ3n) is 5.04. The van der Waals surface area contributed by atoms with Crippen LogP contribution in [0.15, 0.2) is 41.5 Å². The number of piperidine rings is 1. The summed E-state index contributed by atoms with van der Waals surface area (Å²) in [4.78, 5) is 32.8. The van der Waals surface area contributed by atoms with E-state index in [4.69, 9.17) is 17.3 Å². The Morgan fingerprint density at radius 2 is 2.20 bits per heavy atom. The molecule has 132 valence electrons. The first-order valence-corrected chi connectivity index (χ1v) is 8.64. The van der Waals surface area contributed by atoms with E-state index in [9.17, 15) is 9.59 Å². The minimum atomic E-state index is -1.01. The van der Waals surface area contributed by atoms with Crippen LogP contribution in [-0.4, -0.2) is 33.9 Å². The third kappa shape index (κ3) is 3.45. The molecule has 7 heteroatoms. The molecule has 0 bridgehead atoms. The Morgan fingerprint density at radius 1 is 1.40 bits per heavy atom. The summed E-state index contributed by atoms with van der Waals surface area (Å²) in [6.45, 7) is 3.22. The molecule has 2 aromatic rings. The van der Waals surface area contributed by atoms with Crippen molar-refractivity contribution in [2.45, 2.75) is 31.2 Å². The lowest BCUT2D eigenvalue weighted by Crippen LogP contribution is -2.56. The average molecular weight is 361 g/mol. The smallest absolute Gasteiger partial charge is 0.247 e. The summed E-state index contributed by atoms with van der Waals surface area (Å²) < 4.78 is 0. The zero-order chi connectivity index (χ0) is 18.0. The van der Waals surface area contributed by atoms with Crippen LogP contribution in [0.5, 0.6) is 0 Å². The van der Waals surface area contributed by atoms with Gasteiger partial charge in [0.15, 0.2) is 0 Å². The lowest BCUT2D eigenvalue weighted by molar-refractivity contribution is -0.131.